The van der Waals surface area contributed by atoms with Crippen LogP contribution < -0.4 is 9.64 Å². The molecule has 1 unspecified atom stereocenters. The van der Waals surface area contributed by atoms with Crippen molar-refractivity contribution in [1.29, 1.82) is 0 Å². The van der Waals surface area contributed by atoms with Crippen molar-refractivity contribution in [2.75, 3.05) is 12.0 Å². The zero-order chi connectivity index (χ0) is 22.5. The minimum absolute atomic E-state index is 0.163. The quantitative estimate of drug-likeness (QED) is 0.604. The molecule has 0 bridgehead atoms. The van der Waals surface area contributed by atoms with Crippen molar-refractivity contribution >= 4 is 21.6 Å². The Labute approximate surface area is 186 Å². The Bertz CT molecular complexity index is 1260. The molecule has 3 aromatic carbocycles. The maximum Gasteiger partial charge on any atom is 0.246 e. The van der Waals surface area contributed by atoms with Gasteiger partial charge in [0.2, 0.25) is 15.9 Å². The van der Waals surface area contributed by atoms with E-state index < -0.39 is 28.5 Å². The summed E-state index contributed by atoms with van der Waals surface area (Å²) in [5.41, 5.74) is 1.98. The summed E-state index contributed by atoms with van der Waals surface area (Å²) in [4.78, 5) is 14.3. The molecule has 1 fully saturated rings. The number of hydrogen-bond acceptors (Lipinski definition) is 5. The number of ether oxygens (including phenoxy) is 2. The van der Waals surface area contributed by atoms with Gasteiger partial charge in [-0.1, -0.05) is 48.5 Å². The van der Waals surface area contributed by atoms with Crippen molar-refractivity contribution in [2.45, 2.75) is 30.3 Å². The number of methoxy groups -OCH3 is 1. The molecule has 0 aromatic heterocycles. The molecule has 1 amide bonds. The Hall–Kier alpha value is -3.20. The predicted molar refractivity (Wildman–Crippen MR) is 118 cm³/mol. The Morgan fingerprint density at radius 2 is 1.62 bits per heavy atom. The van der Waals surface area contributed by atoms with E-state index in [9.17, 15) is 13.2 Å². The molecule has 3 aromatic rings. The zero-order valence-electron chi connectivity index (χ0n) is 17.6. The van der Waals surface area contributed by atoms with Crippen LogP contribution in [0, 0.1) is 0 Å². The first-order valence-corrected chi connectivity index (χ1v) is 11.6. The van der Waals surface area contributed by atoms with Gasteiger partial charge >= 0.3 is 0 Å². The number of nitrogens with zero attached hydrogens (tertiary/aromatic N) is 2. The number of anilines is 1. The molecule has 3 atom stereocenters. The Morgan fingerprint density at radius 3 is 2.25 bits per heavy atom. The molecular weight excluding hydrogens is 428 g/mol. The van der Waals surface area contributed by atoms with E-state index in [1.54, 1.807) is 55.6 Å². The summed E-state index contributed by atoms with van der Waals surface area (Å²) in [7, 11) is -2.42. The highest BCUT2D eigenvalue weighted by atomic mass is 32.2. The number of benzene rings is 3. The van der Waals surface area contributed by atoms with E-state index in [4.69, 9.17) is 9.47 Å². The molecule has 2 aliphatic rings. The summed E-state index contributed by atoms with van der Waals surface area (Å²) in [6.45, 7) is 1.45. The first-order valence-electron chi connectivity index (χ1n) is 10.2. The summed E-state index contributed by atoms with van der Waals surface area (Å²) < 4.78 is 40.9. The largest absolute Gasteiger partial charge is 0.497 e. The van der Waals surface area contributed by atoms with Crippen LogP contribution in [0.25, 0.3) is 0 Å². The van der Waals surface area contributed by atoms with Gasteiger partial charge in [-0.25, -0.2) is 8.42 Å². The number of rotatable bonds is 4. The van der Waals surface area contributed by atoms with E-state index in [0.717, 1.165) is 0 Å². The first kappa shape index (κ1) is 20.7. The van der Waals surface area contributed by atoms with Crippen LogP contribution in [-0.2, 0) is 19.6 Å². The van der Waals surface area contributed by atoms with Crippen LogP contribution in [0.3, 0.4) is 0 Å². The molecule has 164 valence electrons. The van der Waals surface area contributed by atoms with Crippen molar-refractivity contribution in [3.05, 3.63) is 90.0 Å². The lowest BCUT2D eigenvalue weighted by molar-refractivity contribution is -0.119. The maximum absolute atomic E-state index is 13.9. The second-order valence-electron chi connectivity index (χ2n) is 7.70. The second kappa shape index (κ2) is 7.74. The fourth-order valence-corrected chi connectivity index (χ4v) is 6.15. The van der Waals surface area contributed by atoms with Gasteiger partial charge in [-0.2, -0.15) is 4.31 Å². The van der Waals surface area contributed by atoms with Crippen molar-refractivity contribution in [2.24, 2.45) is 0 Å². The van der Waals surface area contributed by atoms with Crippen LogP contribution in [0.4, 0.5) is 5.69 Å². The number of fused-ring (bicyclic) bond motifs is 3. The fraction of sp³-hybridized carbons (Fsp3) is 0.208. The SMILES string of the molecule is COc1ccc2c(c1)[C@H]1[C@H](OC(c3ccccc3)N1S(=O)(=O)c1ccccc1)N2C(C)=O. The van der Waals surface area contributed by atoms with E-state index >= 15 is 0 Å². The van der Waals surface area contributed by atoms with Crippen LogP contribution in [0.2, 0.25) is 0 Å². The van der Waals surface area contributed by atoms with Crippen LogP contribution in [0.1, 0.15) is 30.3 Å². The highest BCUT2D eigenvalue weighted by Crippen LogP contribution is 2.55. The number of sulfonamides is 1. The molecule has 32 heavy (non-hydrogen) atoms. The van der Waals surface area contributed by atoms with Gasteiger partial charge in [-0.05, 0) is 35.9 Å². The zero-order valence-corrected chi connectivity index (χ0v) is 18.4. The Balaban J connectivity index is 1.73. The lowest BCUT2D eigenvalue weighted by Crippen LogP contribution is -2.38. The van der Waals surface area contributed by atoms with Gasteiger partial charge in [0.15, 0.2) is 12.5 Å². The Kier molecular flexibility index (Phi) is 5.00. The topological polar surface area (TPSA) is 76.2 Å². The smallest absolute Gasteiger partial charge is 0.246 e. The normalized spacial score (nSPS) is 22.4. The van der Waals surface area contributed by atoms with Gasteiger partial charge in [0.25, 0.3) is 0 Å². The molecule has 0 aliphatic carbocycles. The van der Waals surface area contributed by atoms with Crippen molar-refractivity contribution in [1.82, 2.24) is 4.31 Å². The van der Waals surface area contributed by atoms with E-state index in [1.165, 1.54) is 16.1 Å². The molecule has 8 heteroatoms. The number of hydrogen-bond donors (Lipinski definition) is 0. The van der Waals surface area contributed by atoms with Gasteiger partial charge in [0.05, 0.1) is 17.7 Å². The van der Waals surface area contributed by atoms with Gasteiger partial charge in [-0.3, -0.25) is 9.69 Å². The fourth-order valence-electron chi connectivity index (χ4n) is 4.47. The number of carbonyl (C=O) groups is 1. The summed E-state index contributed by atoms with van der Waals surface area (Å²) in [6, 6.07) is 22.0. The van der Waals surface area contributed by atoms with Gasteiger partial charge in [0, 0.05) is 12.5 Å². The average molecular weight is 451 g/mol. The summed E-state index contributed by atoms with van der Waals surface area (Å²) in [6.07, 6.45) is -1.68. The standard InChI is InChI=1S/C24H22N2O5S/c1-16(27)25-21-14-13-18(30-2)15-20(21)22-24(25)31-23(17-9-5-3-6-10-17)26(22)32(28,29)19-11-7-4-8-12-19/h3-15,22-24H,1-2H3/t22-,23?,24-/m0/s1. The molecule has 1 saturated heterocycles. The third-order valence-corrected chi connectivity index (χ3v) is 7.70. The predicted octanol–water partition coefficient (Wildman–Crippen LogP) is 3.85. The third-order valence-electron chi connectivity index (χ3n) is 5.85. The highest BCUT2D eigenvalue weighted by Gasteiger charge is 2.57. The first-order chi connectivity index (χ1) is 15.4. The van der Waals surface area contributed by atoms with E-state index in [-0.39, 0.29) is 10.8 Å². The molecule has 5 rings (SSSR count). The van der Waals surface area contributed by atoms with Gasteiger partial charge < -0.3 is 9.47 Å². The second-order valence-corrected chi connectivity index (χ2v) is 9.54. The van der Waals surface area contributed by atoms with E-state index in [2.05, 4.69) is 0 Å². The monoisotopic (exact) mass is 450 g/mol. The lowest BCUT2D eigenvalue weighted by Gasteiger charge is -2.27. The van der Waals surface area contributed by atoms with E-state index in [1.807, 2.05) is 30.3 Å². The molecule has 7 nitrogen and oxygen atoms in total. The molecule has 0 radical (unpaired) electrons. The molecule has 0 saturated carbocycles. The van der Waals surface area contributed by atoms with Crippen LogP contribution in [0.15, 0.2) is 83.8 Å². The Morgan fingerprint density at radius 1 is 0.969 bits per heavy atom. The average Bonchev–Trinajstić information content (AvgIpc) is 3.34. The van der Waals surface area contributed by atoms with Gasteiger partial charge in [0.1, 0.15) is 11.8 Å². The molecule has 2 aliphatic heterocycles. The van der Waals surface area contributed by atoms with Crippen molar-refractivity contribution in [3.63, 3.8) is 0 Å². The minimum atomic E-state index is -3.97. The molecular formula is C24H22N2O5S. The van der Waals surface area contributed by atoms with Crippen molar-refractivity contribution < 1.29 is 22.7 Å². The minimum Gasteiger partial charge on any atom is -0.497 e. The third kappa shape index (κ3) is 3.10. The van der Waals surface area contributed by atoms with Crippen LogP contribution >= 0.6 is 0 Å². The molecule has 0 spiro atoms. The summed E-state index contributed by atoms with van der Waals surface area (Å²) in [5, 5.41) is 0. The van der Waals surface area contributed by atoms with Crippen LogP contribution in [-0.4, -0.2) is 32.0 Å². The lowest BCUT2D eigenvalue weighted by atomic mass is 10.1. The van der Waals surface area contributed by atoms with Crippen molar-refractivity contribution in [3.8, 4) is 5.75 Å². The molecule has 0 N–H and O–H groups in total. The van der Waals surface area contributed by atoms with Crippen LogP contribution in [0.5, 0.6) is 5.75 Å². The number of carbonyl (C=O) groups excluding carboxylic acids is 1. The van der Waals surface area contributed by atoms with E-state index in [0.29, 0.717) is 22.6 Å². The summed E-state index contributed by atoms with van der Waals surface area (Å²) in [5.74, 6) is 0.350. The number of amides is 1. The van der Waals surface area contributed by atoms with Gasteiger partial charge in [-0.15, -0.1) is 0 Å². The highest BCUT2D eigenvalue weighted by molar-refractivity contribution is 7.89. The maximum atomic E-state index is 13.9. The molecule has 2 heterocycles. The summed E-state index contributed by atoms with van der Waals surface area (Å²) >= 11 is 0.